The fourth-order valence-corrected chi connectivity index (χ4v) is 2.69. The molecule has 2 N–H and O–H groups in total. The molecule has 7 nitrogen and oxygen atoms in total. The Labute approximate surface area is 177 Å². The SMILES string of the molecule is O=C(/C=C/c1ccc([N+](=O)[O-])cc1)NCc1cccc(NC(=O)c2ccc(F)cc2)c1. The topological polar surface area (TPSA) is 101 Å². The molecule has 2 amide bonds. The molecule has 3 aromatic carbocycles. The minimum atomic E-state index is -0.490. The van der Waals surface area contributed by atoms with Crippen LogP contribution in [0.15, 0.2) is 78.9 Å². The molecular weight excluding hydrogens is 401 g/mol. The Kier molecular flexibility index (Phi) is 6.85. The zero-order valence-electron chi connectivity index (χ0n) is 16.2. The Balaban J connectivity index is 1.54. The summed E-state index contributed by atoms with van der Waals surface area (Å²) in [5.74, 6) is -1.12. The van der Waals surface area contributed by atoms with E-state index in [2.05, 4.69) is 10.6 Å². The van der Waals surface area contributed by atoms with Crippen molar-refractivity contribution in [1.29, 1.82) is 0 Å². The van der Waals surface area contributed by atoms with E-state index in [0.717, 1.165) is 5.56 Å². The average Bonchev–Trinajstić information content (AvgIpc) is 2.77. The van der Waals surface area contributed by atoms with Gasteiger partial charge in [0.15, 0.2) is 0 Å². The van der Waals surface area contributed by atoms with E-state index < -0.39 is 10.7 Å². The third-order valence-electron chi connectivity index (χ3n) is 4.29. The number of amides is 2. The molecular formula is C23H18FN3O4. The molecule has 31 heavy (non-hydrogen) atoms. The van der Waals surface area contributed by atoms with E-state index >= 15 is 0 Å². The number of rotatable bonds is 7. The predicted molar refractivity (Wildman–Crippen MR) is 115 cm³/mol. The molecule has 3 rings (SSSR count). The first-order valence-corrected chi connectivity index (χ1v) is 9.27. The lowest BCUT2D eigenvalue weighted by molar-refractivity contribution is -0.384. The van der Waals surface area contributed by atoms with Crippen LogP contribution in [0.2, 0.25) is 0 Å². The maximum atomic E-state index is 13.0. The largest absolute Gasteiger partial charge is 0.348 e. The van der Waals surface area contributed by atoms with Crippen LogP contribution in [-0.2, 0) is 11.3 Å². The van der Waals surface area contributed by atoms with Crippen LogP contribution < -0.4 is 10.6 Å². The minimum absolute atomic E-state index is 0.0204. The summed E-state index contributed by atoms with van der Waals surface area (Å²) in [6.07, 6.45) is 2.89. The highest BCUT2D eigenvalue weighted by molar-refractivity contribution is 6.04. The number of hydrogen-bond donors (Lipinski definition) is 2. The molecule has 3 aromatic rings. The van der Waals surface area contributed by atoms with E-state index in [9.17, 15) is 24.1 Å². The van der Waals surface area contributed by atoms with Gasteiger partial charge in [0.25, 0.3) is 11.6 Å². The number of nitrogens with one attached hydrogen (secondary N) is 2. The molecule has 0 aromatic heterocycles. The van der Waals surface area contributed by atoms with Crippen LogP contribution in [0.5, 0.6) is 0 Å². The molecule has 0 heterocycles. The number of nitro groups is 1. The monoisotopic (exact) mass is 419 g/mol. The van der Waals surface area contributed by atoms with Crippen LogP contribution in [0.25, 0.3) is 6.08 Å². The molecule has 0 unspecified atom stereocenters. The van der Waals surface area contributed by atoms with Crippen LogP contribution in [0, 0.1) is 15.9 Å². The summed E-state index contributed by atoms with van der Waals surface area (Å²) in [6.45, 7) is 0.240. The normalized spacial score (nSPS) is 10.6. The Hall–Kier alpha value is -4.33. The van der Waals surface area contributed by atoms with Gasteiger partial charge in [-0.15, -0.1) is 0 Å². The van der Waals surface area contributed by atoms with Gasteiger partial charge in [0.05, 0.1) is 4.92 Å². The first kappa shape index (κ1) is 21.4. The second-order valence-electron chi connectivity index (χ2n) is 6.56. The van der Waals surface area contributed by atoms with Crippen molar-refractivity contribution >= 4 is 29.3 Å². The Morgan fingerprint density at radius 3 is 2.39 bits per heavy atom. The highest BCUT2D eigenvalue weighted by atomic mass is 19.1. The van der Waals surface area contributed by atoms with Gasteiger partial charge in [-0.3, -0.25) is 19.7 Å². The third-order valence-corrected chi connectivity index (χ3v) is 4.29. The quantitative estimate of drug-likeness (QED) is 0.338. The van der Waals surface area contributed by atoms with Gasteiger partial charge < -0.3 is 10.6 Å². The van der Waals surface area contributed by atoms with Crippen LogP contribution in [-0.4, -0.2) is 16.7 Å². The third kappa shape index (κ3) is 6.33. The molecule has 0 atom stereocenters. The maximum absolute atomic E-state index is 13.0. The number of halogens is 1. The second kappa shape index (κ2) is 9.93. The molecule has 0 aliphatic carbocycles. The average molecular weight is 419 g/mol. The van der Waals surface area contributed by atoms with Crippen LogP contribution in [0.3, 0.4) is 0 Å². The lowest BCUT2D eigenvalue weighted by Gasteiger charge is -2.08. The number of nitro benzene ring substituents is 1. The van der Waals surface area contributed by atoms with Crippen molar-refractivity contribution in [3.8, 4) is 0 Å². The summed E-state index contributed by atoms with van der Waals surface area (Å²) >= 11 is 0. The summed E-state index contributed by atoms with van der Waals surface area (Å²) in [5.41, 5.74) is 2.28. The van der Waals surface area contributed by atoms with Crippen molar-refractivity contribution in [2.24, 2.45) is 0 Å². The lowest BCUT2D eigenvalue weighted by Crippen LogP contribution is -2.20. The van der Waals surface area contributed by atoms with E-state index in [1.54, 1.807) is 42.5 Å². The van der Waals surface area contributed by atoms with Gasteiger partial charge >= 0.3 is 0 Å². The van der Waals surface area contributed by atoms with Crippen molar-refractivity contribution in [3.63, 3.8) is 0 Å². The molecule has 0 aliphatic rings. The Morgan fingerprint density at radius 2 is 1.71 bits per heavy atom. The lowest BCUT2D eigenvalue weighted by atomic mass is 10.1. The fourth-order valence-electron chi connectivity index (χ4n) is 2.69. The summed E-state index contributed by atoms with van der Waals surface area (Å²) < 4.78 is 13.0. The number of carbonyl (C=O) groups is 2. The van der Waals surface area contributed by atoms with Gasteiger partial charge in [0, 0.05) is 36.0 Å². The summed E-state index contributed by atoms with van der Waals surface area (Å²) in [7, 11) is 0. The molecule has 0 radical (unpaired) electrons. The Morgan fingerprint density at radius 1 is 1.00 bits per heavy atom. The van der Waals surface area contributed by atoms with E-state index in [0.29, 0.717) is 16.8 Å². The fraction of sp³-hybridized carbons (Fsp3) is 0.0435. The molecule has 8 heteroatoms. The zero-order chi connectivity index (χ0) is 22.2. The number of nitrogens with zero attached hydrogens (tertiary/aromatic N) is 1. The van der Waals surface area contributed by atoms with Gasteiger partial charge in [-0.2, -0.15) is 0 Å². The van der Waals surface area contributed by atoms with Gasteiger partial charge in [0.1, 0.15) is 5.82 Å². The van der Waals surface area contributed by atoms with E-state index in [-0.39, 0.29) is 24.0 Å². The van der Waals surface area contributed by atoms with Crippen LogP contribution >= 0.6 is 0 Å². The van der Waals surface area contributed by atoms with E-state index in [1.807, 2.05) is 0 Å². The molecule has 0 saturated carbocycles. The van der Waals surface area contributed by atoms with Crippen LogP contribution in [0.4, 0.5) is 15.8 Å². The second-order valence-corrected chi connectivity index (χ2v) is 6.56. The van der Waals surface area contributed by atoms with E-state index in [1.165, 1.54) is 42.5 Å². The maximum Gasteiger partial charge on any atom is 0.269 e. The summed E-state index contributed by atoms with van der Waals surface area (Å²) in [6, 6.07) is 18.0. The van der Waals surface area contributed by atoms with Gasteiger partial charge in [-0.25, -0.2) is 4.39 Å². The van der Waals surface area contributed by atoms with Crippen molar-refractivity contribution in [2.45, 2.75) is 6.54 Å². The van der Waals surface area contributed by atoms with Crippen LogP contribution in [0.1, 0.15) is 21.5 Å². The highest BCUT2D eigenvalue weighted by Gasteiger charge is 2.07. The molecule has 0 fully saturated rings. The zero-order valence-corrected chi connectivity index (χ0v) is 16.2. The highest BCUT2D eigenvalue weighted by Crippen LogP contribution is 2.14. The van der Waals surface area contributed by atoms with Crippen molar-refractivity contribution < 1.29 is 18.9 Å². The minimum Gasteiger partial charge on any atom is -0.348 e. The number of hydrogen-bond acceptors (Lipinski definition) is 4. The van der Waals surface area contributed by atoms with Crippen molar-refractivity contribution in [3.05, 3.63) is 111 Å². The predicted octanol–water partition coefficient (Wildman–Crippen LogP) is 4.32. The molecule has 0 saturated heterocycles. The number of non-ortho nitro benzene ring substituents is 1. The molecule has 0 aliphatic heterocycles. The van der Waals surface area contributed by atoms with Gasteiger partial charge in [-0.05, 0) is 65.7 Å². The molecule has 156 valence electrons. The number of benzene rings is 3. The first-order chi connectivity index (χ1) is 14.9. The first-order valence-electron chi connectivity index (χ1n) is 9.27. The van der Waals surface area contributed by atoms with Crippen molar-refractivity contribution in [1.82, 2.24) is 5.32 Å². The number of anilines is 1. The number of carbonyl (C=O) groups excluding carboxylic acids is 2. The van der Waals surface area contributed by atoms with E-state index in [4.69, 9.17) is 0 Å². The smallest absolute Gasteiger partial charge is 0.269 e. The summed E-state index contributed by atoms with van der Waals surface area (Å²) in [5, 5.41) is 16.1. The standard InChI is InChI=1S/C23H18FN3O4/c24-19-9-7-18(8-10-19)23(29)26-20-3-1-2-17(14-20)15-25-22(28)13-6-16-4-11-21(12-5-16)27(30)31/h1-14H,15H2,(H,25,28)(H,26,29)/b13-6+. The van der Waals surface area contributed by atoms with Crippen molar-refractivity contribution in [2.75, 3.05) is 5.32 Å². The summed E-state index contributed by atoms with van der Waals surface area (Å²) in [4.78, 5) is 34.4. The van der Waals surface area contributed by atoms with Gasteiger partial charge in [0.2, 0.25) is 5.91 Å². The van der Waals surface area contributed by atoms with Gasteiger partial charge in [-0.1, -0.05) is 12.1 Å². The molecule has 0 bridgehead atoms. The Bertz CT molecular complexity index is 1130. The molecule has 0 spiro atoms.